The Morgan fingerprint density at radius 3 is 3.00 bits per heavy atom. The number of carbonyl (C=O) groups is 1. The summed E-state index contributed by atoms with van der Waals surface area (Å²) >= 11 is 1.45. The van der Waals surface area contributed by atoms with E-state index < -0.39 is 0 Å². The summed E-state index contributed by atoms with van der Waals surface area (Å²) in [4.78, 5) is 11.7. The van der Waals surface area contributed by atoms with Gasteiger partial charge in [0.05, 0.1) is 19.1 Å². The summed E-state index contributed by atoms with van der Waals surface area (Å²) in [6.07, 6.45) is 0.330. The van der Waals surface area contributed by atoms with Gasteiger partial charge < -0.3 is 10.5 Å². The molecule has 0 unspecified atom stereocenters. The number of nitrogens with zero attached hydrogens (tertiary/aromatic N) is 1. The van der Waals surface area contributed by atoms with Gasteiger partial charge in [-0.15, -0.1) is 11.8 Å². The molecular formula is C11H12N2O2S. The van der Waals surface area contributed by atoms with Gasteiger partial charge in [-0.1, -0.05) is 0 Å². The molecule has 0 heterocycles. The maximum atomic E-state index is 10.9. The average Bonchev–Trinajstić information content (AvgIpc) is 2.30. The second-order valence-electron chi connectivity index (χ2n) is 3.04. The van der Waals surface area contributed by atoms with Gasteiger partial charge in [-0.05, 0) is 18.2 Å². The Kier molecular flexibility index (Phi) is 4.67. The molecule has 0 bridgehead atoms. The first-order valence-corrected chi connectivity index (χ1v) is 5.65. The Labute approximate surface area is 98.4 Å². The second-order valence-corrected chi connectivity index (χ2v) is 4.18. The van der Waals surface area contributed by atoms with E-state index in [0.717, 1.165) is 4.90 Å². The number of hydrogen-bond donors (Lipinski definition) is 1. The SMILES string of the molecule is COC(=O)CCSc1ccc(N)cc1C#N. The van der Waals surface area contributed by atoms with Crippen LogP contribution in [-0.2, 0) is 9.53 Å². The lowest BCUT2D eigenvalue weighted by Crippen LogP contribution is -2.01. The van der Waals surface area contributed by atoms with Gasteiger partial charge in [0.1, 0.15) is 6.07 Å². The summed E-state index contributed by atoms with van der Waals surface area (Å²) in [6.45, 7) is 0. The van der Waals surface area contributed by atoms with Gasteiger partial charge in [-0.3, -0.25) is 4.79 Å². The summed E-state index contributed by atoms with van der Waals surface area (Å²) in [5, 5.41) is 8.89. The van der Waals surface area contributed by atoms with E-state index in [1.165, 1.54) is 18.9 Å². The number of nitrogen functional groups attached to an aromatic ring is 1. The molecule has 1 rings (SSSR count). The van der Waals surface area contributed by atoms with Crippen LogP contribution in [0.15, 0.2) is 23.1 Å². The fourth-order valence-corrected chi connectivity index (χ4v) is 2.02. The van der Waals surface area contributed by atoms with Crippen molar-refractivity contribution in [1.82, 2.24) is 0 Å². The number of carbonyl (C=O) groups excluding carboxylic acids is 1. The zero-order valence-electron chi connectivity index (χ0n) is 8.90. The average molecular weight is 236 g/mol. The molecule has 0 aliphatic carbocycles. The minimum atomic E-state index is -0.249. The van der Waals surface area contributed by atoms with Crippen LogP contribution in [0.5, 0.6) is 0 Å². The minimum absolute atomic E-state index is 0.249. The largest absolute Gasteiger partial charge is 0.469 e. The zero-order chi connectivity index (χ0) is 12.0. The Balaban J connectivity index is 2.61. The first-order chi connectivity index (χ1) is 7.67. The summed E-state index contributed by atoms with van der Waals surface area (Å²) in [5.41, 5.74) is 6.67. The van der Waals surface area contributed by atoms with Gasteiger partial charge in [-0.25, -0.2) is 0 Å². The standard InChI is InChI=1S/C11H12N2O2S/c1-15-11(14)4-5-16-10-3-2-9(13)6-8(10)7-12/h2-3,6H,4-5,13H2,1H3. The van der Waals surface area contributed by atoms with Crippen molar-refractivity contribution in [1.29, 1.82) is 5.26 Å². The van der Waals surface area contributed by atoms with Gasteiger partial charge in [0.25, 0.3) is 0 Å². The lowest BCUT2D eigenvalue weighted by atomic mass is 10.2. The minimum Gasteiger partial charge on any atom is -0.469 e. The van der Waals surface area contributed by atoms with E-state index in [-0.39, 0.29) is 5.97 Å². The van der Waals surface area contributed by atoms with Crippen molar-refractivity contribution in [2.24, 2.45) is 0 Å². The highest BCUT2D eigenvalue weighted by atomic mass is 32.2. The van der Waals surface area contributed by atoms with Crippen LogP contribution in [0, 0.1) is 11.3 Å². The van der Waals surface area contributed by atoms with Crippen LogP contribution in [0.1, 0.15) is 12.0 Å². The Bertz CT molecular complexity index is 426. The summed E-state index contributed by atoms with van der Waals surface area (Å²) in [7, 11) is 1.36. The molecule has 84 valence electrons. The normalized spacial score (nSPS) is 9.50. The molecule has 0 fully saturated rings. The van der Waals surface area contributed by atoms with Crippen molar-refractivity contribution in [2.45, 2.75) is 11.3 Å². The number of thioether (sulfide) groups is 1. The van der Waals surface area contributed by atoms with Crippen LogP contribution in [0.25, 0.3) is 0 Å². The number of methoxy groups -OCH3 is 1. The lowest BCUT2D eigenvalue weighted by Gasteiger charge is -2.04. The highest BCUT2D eigenvalue weighted by molar-refractivity contribution is 7.99. The van der Waals surface area contributed by atoms with Gasteiger partial charge in [0.15, 0.2) is 0 Å². The van der Waals surface area contributed by atoms with Crippen molar-refractivity contribution >= 4 is 23.4 Å². The molecule has 0 saturated heterocycles. The fraction of sp³-hybridized carbons (Fsp3) is 0.273. The maximum absolute atomic E-state index is 10.9. The first-order valence-electron chi connectivity index (χ1n) is 4.66. The van der Waals surface area contributed by atoms with Crippen molar-refractivity contribution in [3.8, 4) is 6.07 Å². The quantitative estimate of drug-likeness (QED) is 0.490. The van der Waals surface area contributed by atoms with Gasteiger partial charge >= 0.3 is 5.97 Å². The van der Waals surface area contributed by atoms with E-state index in [9.17, 15) is 4.79 Å². The number of anilines is 1. The van der Waals surface area contributed by atoms with Crippen LogP contribution in [-0.4, -0.2) is 18.8 Å². The summed E-state index contributed by atoms with van der Waals surface area (Å²) < 4.78 is 4.53. The molecule has 0 aromatic heterocycles. The molecule has 1 aromatic carbocycles. The van der Waals surface area contributed by atoms with Crippen LogP contribution in [0.3, 0.4) is 0 Å². The number of benzene rings is 1. The van der Waals surface area contributed by atoms with Crippen molar-refractivity contribution in [2.75, 3.05) is 18.6 Å². The monoisotopic (exact) mass is 236 g/mol. The topological polar surface area (TPSA) is 76.1 Å². The van der Waals surface area contributed by atoms with E-state index in [1.807, 2.05) is 0 Å². The Hall–Kier alpha value is -1.67. The summed E-state index contributed by atoms with van der Waals surface area (Å²) in [5.74, 6) is 0.340. The molecule has 0 saturated carbocycles. The highest BCUT2D eigenvalue weighted by Crippen LogP contribution is 2.24. The lowest BCUT2D eigenvalue weighted by molar-refractivity contribution is -0.140. The maximum Gasteiger partial charge on any atom is 0.306 e. The van der Waals surface area contributed by atoms with E-state index >= 15 is 0 Å². The fourth-order valence-electron chi connectivity index (χ4n) is 1.11. The molecule has 0 spiro atoms. The predicted molar refractivity (Wildman–Crippen MR) is 62.9 cm³/mol. The number of nitrogens with two attached hydrogens (primary N) is 1. The molecular weight excluding hydrogens is 224 g/mol. The number of ether oxygens (including phenoxy) is 1. The van der Waals surface area contributed by atoms with Gasteiger partial charge in [0.2, 0.25) is 0 Å². The van der Waals surface area contributed by atoms with Gasteiger partial charge in [0, 0.05) is 16.3 Å². The number of hydrogen-bond acceptors (Lipinski definition) is 5. The first kappa shape index (κ1) is 12.4. The third-order valence-corrected chi connectivity index (χ3v) is 2.99. The molecule has 5 heteroatoms. The van der Waals surface area contributed by atoms with Crippen LogP contribution in [0.4, 0.5) is 5.69 Å². The van der Waals surface area contributed by atoms with Gasteiger partial charge in [-0.2, -0.15) is 5.26 Å². The van der Waals surface area contributed by atoms with E-state index in [0.29, 0.717) is 23.4 Å². The van der Waals surface area contributed by atoms with Crippen molar-refractivity contribution < 1.29 is 9.53 Å². The van der Waals surface area contributed by atoms with E-state index in [2.05, 4.69) is 10.8 Å². The highest BCUT2D eigenvalue weighted by Gasteiger charge is 2.05. The second kappa shape index (κ2) is 6.03. The third-order valence-electron chi connectivity index (χ3n) is 1.92. The predicted octanol–water partition coefficient (Wildman–Crippen LogP) is 1.80. The molecule has 0 aliphatic heterocycles. The molecule has 4 nitrogen and oxygen atoms in total. The van der Waals surface area contributed by atoms with Crippen molar-refractivity contribution in [3.05, 3.63) is 23.8 Å². The number of esters is 1. The van der Waals surface area contributed by atoms with Crippen LogP contribution >= 0.6 is 11.8 Å². The third kappa shape index (κ3) is 3.48. The molecule has 0 atom stereocenters. The van der Waals surface area contributed by atoms with Crippen LogP contribution < -0.4 is 5.73 Å². The molecule has 1 aromatic rings. The molecule has 2 N–H and O–H groups in total. The van der Waals surface area contributed by atoms with E-state index in [4.69, 9.17) is 11.0 Å². The van der Waals surface area contributed by atoms with Crippen LogP contribution in [0.2, 0.25) is 0 Å². The van der Waals surface area contributed by atoms with Crippen molar-refractivity contribution in [3.63, 3.8) is 0 Å². The number of nitriles is 1. The smallest absolute Gasteiger partial charge is 0.306 e. The summed E-state index contributed by atoms with van der Waals surface area (Å²) in [6, 6.07) is 7.22. The zero-order valence-corrected chi connectivity index (χ0v) is 9.71. The molecule has 0 amide bonds. The Morgan fingerprint density at radius 2 is 2.38 bits per heavy atom. The molecule has 0 radical (unpaired) electrons. The van der Waals surface area contributed by atoms with E-state index in [1.54, 1.807) is 18.2 Å². The Morgan fingerprint density at radius 1 is 1.62 bits per heavy atom. The molecule has 0 aliphatic rings. The number of rotatable bonds is 4. The molecule has 16 heavy (non-hydrogen) atoms.